The molecule has 98 valence electrons. The van der Waals surface area contributed by atoms with Crippen LogP contribution in [-0.2, 0) is 11.3 Å². The van der Waals surface area contributed by atoms with Crippen LogP contribution in [0.5, 0.6) is 0 Å². The lowest BCUT2D eigenvalue weighted by molar-refractivity contribution is -0.116. The number of anilines is 1. The Morgan fingerprint density at radius 2 is 2.17 bits per heavy atom. The van der Waals surface area contributed by atoms with E-state index in [1.54, 1.807) is 0 Å². The molecule has 18 heavy (non-hydrogen) atoms. The highest BCUT2D eigenvalue weighted by molar-refractivity contribution is 5.79. The van der Waals surface area contributed by atoms with E-state index in [0.29, 0.717) is 6.04 Å². The lowest BCUT2D eigenvalue weighted by atomic mass is 10.1. The summed E-state index contributed by atoms with van der Waals surface area (Å²) >= 11 is 0. The van der Waals surface area contributed by atoms with Gasteiger partial charge in [0.25, 0.3) is 0 Å². The maximum Gasteiger partial charge on any atom is 0.236 e. The lowest BCUT2D eigenvalue weighted by Gasteiger charge is -2.24. The van der Waals surface area contributed by atoms with E-state index < -0.39 is 0 Å². The van der Waals surface area contributed by atoms with Crippen molar-refractivity contribution in [1.29, 1.82) is 0 Å². The lowest BCUT2D eigenvalue weighted by Crippen LogP contribution is -2.34. The minimum atomic E-state index is -0.290. The van der Waals surface area contributed by atoms with E-state index in [-0.39, 0.29) is 12.5 Å². The summed E-state index contributed by atoms with van der Waals surface area (Å²) in [4.78, 5) is 13.1. The number of likely N-dealkylation sites (N-methyl/N-ethyl adjacent to an activating group) is 1. The molecule has 4 heteroatoms. The largest absolute Gasteiger partial charge is 0.368 e. The van der Waals surface area contributed by atoms with Crippen LogP contribution in [0, 0.1) is 0 Å². The average Bonchev–Trinajstić information content (AvgIpc) is 3.18. The molecule has 1 aliphatic carbocycles. The zero-order valence-electron chi connectivity index (χ0n) is 10.9. The van der Waals surface area contributed by atoms with Crippen molar-refractivity contribution < 1.29 is 4.79 Å². The van der Waals surface area contributed by atoms with Gasteiger partial charge in [0, 0.05) is 24.8 Å². The molecule has 1 aromatic carbocycles. The number of nitrogens with two attached hydrogens (primary N) is 1. The van der Waals surface area contributed by atoms with E-state index in [4.69, 9.17) is 5.73 Å². The number of rotatable bonds is 7. The molecule has 0 spiro atoms. The molecule has 0 aliphatic heterocycles. The van der Waals surface area contributed by atoms with Crippen molar-refractivity contribution in [2.45, 2.75) is 32.4 Å². The Labute approximate surface area is 108 Å². The maximum atomic E-state index is 11.1. The third-order valence-corrected chi connectivity index (χ3v) is 3.22. The molecule has 0 saturated heterocycles. The summed E-state index contributed by atoms with van der Waals surface area (Å²) in [5, 5.41) is 3.50. The first-order valence-corrected chi connectivity index (χ1v) is 6.55. The number of carbonyl (C=O) groups is 1. The van der Waals surface area contributed by atoms with Crippen LogP contribution in [0.4, 0.5) is 5.69 Å². The Hall–Kier alpha value is -1.55. The summed E-state index contributed by atoms with van der Waals surface area (Å²) in [6.07, 6.45) is 2.56. The molecular weight excluding hydrogens is 226 g/mol. The third kappa shape index (κ3) is 3.47. The first-order chi connectivity index (χ1) is 8.70. The van der Waals surface area contributed by atoms with E-state index >= 15 is 0 Å². The Balaban J connectivity index is 2.10. The molecule has 0 radical (unpaired) electrons. The quantitative estimate of drug-likeness (QED) is 0.762. The van der Waals surface area contributed by atoms with Gasteiger partial charge in [0.1, 0.15) is 0 Å². The van der Waals surface area contributed by atoms with Crippen molar-refractivity contribution in [3.8, 4) is 0 Å². The molecule has 0 atom stereocenters. The number of nitrogens with one attached hydrogen (secondary N) is 1. The SMILES string of the molecule is CCN(CC(N)=O)c1ccccc1CNC1CC1. The fourth-order valence-electron chi connectivity index (χ4n) is 2.07. The van der Waals surface area contributed by atoms with E-state index in [1.165, 1.54) is 18.4 Å². The molecule has 4 nitrogen and oxygen atoms in total. The van der Waals surface area contributed by atoms with Crippen LogP contribution in [0.25, 0.3) is 0 Å². The molecule has 1 saturated carbocycles. The van der Waals surface area contributed by atoms with Crippen molar-refractivity contribution in [1.82, 2.24) is 5.32 Å². The van der Waals surface area contributed by atoms with Crippen LogP contribution in [-0.4, -0.2) is 25.0 Å². The second kappa shape index (κ2) is 5.87. The van der Waals surface area contributed by atoms with Crippen molar-refractivity contribution in [3.63, 3.8) is 0 Å². The number of hydrogen-bond donors (Lipinski definition) is 2. The van der Waals surface area contributed by atoms with Gasteiger partial charge < -0.3 is 16.0 Å². The topological polar surface area (TPSA) is 58.4 Å². The highest BCUT2D eigenvalue weighted by Gasteiger charge is 2.21. The van der Waals surface area contributed by atoms with Gasteiger partial charge in [-0.25, -0.2) is 0 Å². The molecular formula is C14H21N3O. The smallest absolute Gasteiger partial charge is 0.236 e. The molecule has 3 N–H and O–H groups in total. The van der Waals surface area contributed by atoms with Crippen molar-refractivity contribution in [3.05, 3.63) is 29.8 Å². The van der Waals surface area contributed by atoms with Gasteiger partial charge in [0.05, 0.1) is 6.54 Å². The zero-order chi connectivity index (χ0) is 13.0. The van der Waals surface area contributed by atoms with Crippen LogP contribution in [0.3, 0.4) is 0 Å². The van der Waals surface area contributed by atoms with Gasteiger partial charge in [0.15, 0.2) is 0 Å². The van der Waals surface area contributed by atoms with E-state index in [2.05, 4.69) is 17.4 Å². The molecule has 0 heterocycles. The summed E-state index contributed by atoms with van der Waals surface area (Å²) in [5.74, 6) is -0.290. The van der Waals surface area contributed by atoms with Gasteiger partial charge in [0.2, 0.25) is 5.91 Å². The molecule has 0 bridgehead atoms. The Kier molecular flexibility index (Phi) is 4.20. The second-order valence-electron chi connectivity index (χ2n) is 4.76. The predicted molar refractivity (Wildman–Crippen MR) is 73.4 cm³/mol. The number of primary amides is 1. The van der Waals surface area contributed by atoms with Crippen LogP contribution in [0.15, 0.2) is 24.3 Å². The van der Waals surface area contributed by atoms with Gasteiger partial charge in [-0.15, -0.1) is 0 Å². The monoisotopic (exact) mass is 247 g/mol. The first-order valence-electron chi connectivity index (χ1n) is 6.55. The molecule has 1 aliphatic rings. The van der Waals surface area contributed by atoms with Gasteiger partial charge in [-0.3, -0.25) is 4.79 Å². The minimum absolute atomic E-state index is 0.275. The van der Waals surface area contributed by atoms with E-state index in [1.807, 2.05) is 24.0 Å². The molecule has 1 fully saturated rings. The fraction of sp³-hybridized carbons (Fsp3) is 0.500. The Morgan fingerprint density at radius 3 is 2.78 bits per heavy atom. The number of para-hydroxylation sites is 1. The predicted octanol–water partition coefficient (Wildman–Crippen LogP) is 1.25. The average molecular weight is 247 g/mol. The fourth-order valence-corrected chi connectivity index (χ4v) is 2.07. The first kappa shape index (κ1) is 12.9. The molecule has 0 aromatic heterocycles. The summed E-state index contributed by atoms with van der Waals surface area (Å²) in [6.45, 7) is 3.95. The molecule has 1 aromatic rings. The summed E-state index contributed by atoms with van der Waals surface area (Å²) in [7, 11) is 0. The standard InChI is InChI=1S/C14H21N3O/c1-2-17(10-14(15)18)13-6-4-3-5-11(13)9-16-12-7-8-12/h3-6,12,16H,2,7-10H2,1H3,(H2,15,18). The molecule has 1 amide bonds. The highest BCUT2D eigenvalue weighted by atomic mass is 16.1. The van der Waals surface area contributed by atoms with Crippen LogP contribution >= 0.6 is 0 Å². The van der Waals surface area contributed by atoms with Crippen molar-refractivity contribution in [2.75, 3.05) is 18.0 Å². The van der Waals surface area contributed by atoms with Gasteiger partial charge in [-0.2, -0.15) is 0 Å². The van der Waals surface area contributed by atoms with Crippen molar-refractivity contribution >= 4 is 11.6 Å². The minimum Gasteiger partial charge on any atom is -0.368 e. The van der Waals surface area contributed by atoms with Gasteiger partial charge in [-0.05, 0) is 31.4 Å². The number of hydrogen-bond acceptors (Lipinski definition) is 3. The summed E-state index contributed by atoms with van der Waals surface area (Å²) in [5.41, 5.74) is 7.63. The van der Waals surface area contributed by atoms with Crippen LogP contribution in [0.1, 0.15) is 25.3 Å². The third-order valence-electron chi connectivity index (χ3n) is 3.22. The van der Waals surface area contributed by atoms with Crippen molar-refractivity contribution in [2.24, 2.45) is 5.73 Å². The Morgan fingerprint density at radius 1 is 1.44 bits per heavy atom. The Bertz CT molecular complexity index is 415. The zero-order valence-corrected chi connectivity index (χ0v) is 10.9. The molecule has 2 rings (SSSR count). The number of amides is 1. The molecule has 0 unspecified atom stereocenters. The van der Waals surface area contributed by atoms with Crippen LogP contribution < -0.4 is 16.0 Å². The maximum absolute atomic E-state index is 11.1. The number of benzene rings is 1. The van der Waals surface area contributed by atoms with E-state index in [9.17, 15) is 4.79 Å². The normalized spacial score (nSPS) is 14.5. The van der Waals surface area contributed by atoms with Gasteiger partial charge >= 0.3 is 0 Å². The summed E-state index contributed by atoms with van der Waals surface area (Å²) < 4.78 is 0. The number of nitrogens with zero attached hydrogens (tertiary/aromatic N) is 1. The van der Waals surface area contributed by atoms with E-state index in [0.717, 1.165) is 18.8 Å². The van der Waals surface area contributed by atoms with Crippen LogP contribution in [0.2, 0.25) is 0 Å². The number of carbonyl (C=O) groups excluding carboxylic acids is 1. The summed E-state index contributed by atoms with van der Waals surface area (Å²) in [6, 6.07) is 8.87. The van der Waals surface area contributed by atoms with Gasteiger partial charge in [-0.1, -0.05) is 18.2 Å². The highest BCUT2D eigenvalue weighted by Crippen LogP contribution is 2.23. The second-order valence-corrected chi connectivity index (χ2v) is 4.76.